The molecule has 146 heavy (non-hydrogen) atoms. The molecule has 0 radical (unpaired) electrons. The Morgan fingerprint density at radius 2 is 0.692 bits per heavy atom. The van der Waals surface area contributed by atoms with Crippen molar-refractivity contribution >= 4 is 124 Å². The highest BCUT2D eigenvalue weighted by atomic mass is 16.4. The molecule has 6 rings (SSSR count). The summed E-state index contributed by atoms with van der Waals surface area (Å²) in [5.41, 5.74) is 1.51. The Kier molecular flexibility index (Phi) is 55.8. The first-order valence-corrected chi connectivity index (χ1v) is 49.4. The molecular weight excluding hydrogens is 1920 g/mol. The summed E-state index contributed by atoms with van der Waals surface area (Å²) in [6, 6.07) is -5.02. The average molecular weight is 2070 g/mol. The zero-order valence-electron chi connectivity index (χ0n) is 82.9. The van der Waals surface area contributed by atoms with Crippen LogP contribution in [0.3, 0.4) is 0 Å². The molecule has 6 amide bonds. The van der Waals surface area contributed by atoms with E-state index in [0.29, 0.717) is 54.1 Å². The van der Waals surface area contributed by atoms with Crippen molar-refractivity contribution in [3.05, 3.63) is 54.2 Å². The number of rotatable bonds is 54. The highest BCUT2D eigenvalue weighted by molar-refractivity contribution is 5.97. The molecule has 3 aliphatic heterocycles. The van der Waals surface area contributed by atoms with E-state index in [2.05, 4.69) is 52.2 Å². The largest absolute Gasteiger partial charge is 0.480 e. The van der Waals surface area contributed by atoms with Crippen molar-refractivity contribution < 1.29 is 152 Å². The summed E-state index contributed by atoms with van der Waals surface area (Å²) in [6.07, 6.45) is 3.27. The fourth-order valence-electron chi connectivity index (χ4n) is 18.4. The van der Waals surface area contributed by atoms with Crippen LogP contribution in [0.25, 0.3) is 10.9 Å². The summed E-state index contributed by atoms with van der Waals surface area (Å²) in [4.78, 5) is 281. The van der Waals surface area contributed by atoms with Crippen LogP contribution in [0.1, 0.15) is 120 Å². The van der Waals surface area contributed by atoms with Crippen LogP contribution in [0.5, 0.6) is 0 Å². The number of aldehydes is 1. The van der Waals surface area contributed by atoms with Gasteiger partial charge in [0.25, 0.3) is 0 Å². The Bertz CT molecular complexity index is 4590. The van der Waals surface area contributed by atoms with Crippen molar-refractivity contribution in [1.29, 1.82) is 0 Å². The number of H-pyrrole nitrogens is 2. The number of unbranched alkanes of at least 4 members (excludes halogenated alkanes) is 1. The summed E-state index contributed by atoms with van der Waals surface area (Å²) < 4.78 is 0. The number of likely N-dealkylation sites (N-methyl/N-ethyl adjacent to an activating group) is 1. The molecule has 8 atom stereocenters. The topological polar surface area (TPSA) is 735 Å². The lowest BCUT2D eigenvalue weighted by molar-refractivity contribution is -0.145. The van der Waals surface area contributed by atoms with E-state index in [1.807, 2.05) is 0 Å². The number of aliphatic carboxylic acids is 12. The molecule has 5 heterocycles. The molecule has 53 heteroatoms. The van der Waals surface area contributed by atoms with Crippen molar-refractivity contribution in [3.8, 4) is 0 Å². The zero-order chi connectivity index (χ0) is 107. The number of nitrogens with zero attached hydrogens (tertiary/aromatic N) is 13. The number of hydrogen-bond acceptors (Lipinski definition) is 33. The lowest BCUT2D eigenvalue weighted by Crippen LogP contribution is -2.59. The number of benzene rings is 1. The highest BCUT2D eigenvalue weighted by Crippen LogP contribution is 2.23. The molecule has 3 aromatic rings. The molecule has 4 unspecified atom stereocenters. The normalized spacial score (nSPS) is 18.6. The number of fused-ring (bicyclic) bond motifs is 1. The number of amides is 6. The van der Waals surface area contributed by atoms with Crippen LogP contribution in [0, 0.1) is 0 Å². The van der Waals surface area contributed by atoms with Crippen molar-refractivity contribution in [1.82, 2.24) is 111 Å². The van der Waals surface area contributed by atoms with Crippen LogP contribution < -0.4 is 37.2 Å². The van der Waals surface area contributed by atoms with Gasteiger partial charge in [-0.25, -0.2) is 4.98 Å². The minimum atomic E-state index is -1.83. The number of nitrogens with one attached hydrogen (secondary N) is 9. The molecule has 0 bridgehead atoms. The first-order chi connectivity index (χ1) is 69.6. The molecule has 0 aliphatic carbocycles. The molecule has 3 saturated heterocycles. The lowest BCUT2D eigenvalue weighted by atomic mass is 10.0. The molecule has 1 aromatic carbocycles. The quantitative estimate of drug-likeness (QED) is 0.0186. The molecule has 3 aliphatic rings. The Hall–Kier alpha value is -12.4. The van der Waals surface area contributed by atoms with Gasteiger partial charge in [0.15, 0.2) is 0 Å². The van der Waals surface area contributed by atoms with Crippen LogP contribution >= 0.6 is 0 Å². The van der Waals surface area contributed by atoms with E-state index >= 15 is 14.4 Å². The maximum absolute atomic E-state index is 15.7. The number of carboxylic acid groups (broad SMARTS) is 12. The van der Waals surface area contributed by atoms with Gasteiger partial charge in [0.05, 0.1) is 71.3 Å². The van der Waals surface area contributed by atoms with Gasteiger partial charge in [0.1, 0.15) is 48.6 Å². The van der Waals surface area contributed by atoms with Crippen molar-refractivity contribution in [2.24, 2.45) is 0 Å². The van der Waals surface area contributed by atoms with Crippen molar-refractivity contribution in [2.45, 2.75) is 170 Å². The molecule has 3 fully saturated rings. The van der Waals surface area contributed by atoms with Gasteiger partial charge in [-0.1, -0.05) is 18.2 Å². The smallest absolute Gasteiger partial charge is 0.320 e. The average Bonchev–Trinajstić information content (AvgIpc) is 1.67. The van der Waals surface area contributed by atoms with E-state index in [1.54, 1.807) is 69.7 Å². The second kappa shape index (κ2) is 66.6. The van der Waals surface area contributed by atoms with Crippen LogP contribution in [-0.4, -0.2) is 533 Å². The van der Waals surface area contributed by atoms with Gasteiger partial charge in [-0.05, 0) is 193 Å². The maximum atomic E-state index is 15.7. The fraction of sp³-hybridized carbons (Fsp3) is 0.677. The van der Waals surface area contributed by atoms with Gasteiger partial charge >= 0.3 is 71.6 Å². The third-order valence-electron chi connectivity index (χ3n) is 25.6. The number of hydrogen-bond donors (Lipinski definition) is 21. The third-order valence-corrected chi connectivity index (χ3v) is 25.6. The first kappa shape index (κ1) is 122. The zero-order valence-corrected chi connectivity index (χ0v) is 82.9. The van der Waals surface area contributed by atoms with Gasteiger partial charge < -0.3 is 113 Å². The summed E-state index contributed by atoms with van der Waals surface area (Å²) in [7, 11) is 1.33. The Balaban J connectivity index is 1.38. The molecular formula is C93H148N22O31. The van der Waals surface area contributed by atoms with Crippen LogP contribution in [0.4, 0.5) is 0 Å². The van der Waals surface area contributed by atoms with Gasteiger partial charge in [-0.2, -0.15) is 0 Å². The van der Waals surface area contributed by atoms with E-state index in [4.69, 9.17) is 0 Å². The Morgan fingerprint density at radius 3 is 1.06 bits per heavy atom. The maximum Gasteiger partial charge on any atom is 0.320 e. The van der Waals surface area contributed by atoms with E-state index in [0.717, 1.165) is 0 Å². The monoisotopic (exact) mass is 2070 g/mol. The Labute approximate surface area is 844 Å². The second-order valence-corrected chi connectivity index (χ2v) is 36.9. The van der Waals surface area contributed by atoms with Crippen LogP contribution in [0.2, 0.25) is 0 Å². The summed E-state index contributed by atoms with van der Waals surface area (Å²) in [5, 5.41) is 141. The first-order valence-electron chi connectivity index (χ1n) is 49.4. The molecule has 2 aromatic heterocycles. The summed E-state index contributed by atoms with van der Waals surface area (Å²) >= 11 is 0. The lowest BCUT2D eigenvalue weighted by Gasteiger charge is -2.35. The van der Waals surface area contributed by atoms with Crippen LogP contribution in [0.15, 0.2) is 43.0 Å². The predicted molar refractivity (Wildman–Crippen MR) is 521 cm³/mol. The van der Waals surface area contributed by atoms with Gasteiger partial charge in [-0.15, -0.1) is 0 Å². The predicted octanol–water partition coefficient (Wildman–Crippen LogP) is -4.95. The van der Waals surface area contributed by atoms with Gasteiger partial charge in [-0.3, -0.25) is 145 Å². The number of aromatic nitrogens is 3. The number of carboxylic acids is 12. The molecule has 0 spiro atoms. The minimum absolute atomic E-state index is 0.00226. The number of carbonyl (C=O) groups is 19. The fourth-order valence-corrected chi connectivity index (χ4v) is 18.4. The summed E-state index contributed by atoms with van der Waals surface area (Å²) in [6.45, 7) is -2.24. The van der Waals surface area contributed by atoms with E-state index in [9.17, 15) is 138 Å². The van der Waals surface area contributed by atoms with E-state index < -0.39 is 227 Å². The third kappa shape index (κ3) is 48.7. The van der Waals surface area contributed by atoms with Gasteiger partial charge in [0.2, 0.25) is 35.4 Å². The van der Waals surface area contributed by atoms with Crippen LogP contribution in [-0.2, 0) is 104 Å². The number of carbonyl (C=O) groups excluding carboxylic acids is 7. The van der Waals surface area contributed by atoms with Crippen molar-refractivity contribution in [2.75, 3.05) is 236 Å². The Morgan fingerprint density at radius 1 is 0.356 bits per heavy atom. The van der Waals surface area contributed by atoms with Gasteiger partial charge in [0, 0.05) is 147 Å². The second-order valence-electron chi connectivity index (χ2n) is 36.9. The van der Waals surface area contributed by atoms with E-state index in [1.165, 1.54) is 39.2 Å². The highest BCUT2D eigenvalue weighted by Gasteiger charge is 2.37. The minimum Gasteiger partial charge on any atom is -0.480 e. The summed E-state index contributed by atoms with van der Waals surface area (Å²) in [5.74, 6) is -20.2. The number of imidazole rings is 1. The molecule has 21 N–H and O–H groups in total. The number of para-hydroxylation sites is 1. The van der Waals surface area contributed by atoms with E-state index in [-0.39, 0.29) is 254 Å². The molecule has 0 saturated carbocycles. The van der Waals surface area contributed by atoms with Crippen molar-refractivity contribution in [3.63, 3.8) is 0 Å². The standard InChI is InChI=1S/C93H148N22O31/c1-94-87(137)72(49-65-52-95-63-99-65)103-90(140)71(48-64-51-98-68-15-3-2-14-67(64)68)102-89(139)70(21-23-97-76(117)19-17-74(92(143)144)115-46-44-111(60-85(133)134)42-40-110(59-84(131)132)41-43-112(45-47-115)61-86(135)136)101-88(138)69(100-77(118)20-18-73(91(141)142)113-36-10-32-106(55-80(123)124)28-6-24-104(53-78(119)120)25-7-29-107(33-11-37-113)56-81(125)126)16-4-5-22-96-66(62-116)50-75(93(145)146)114-38-12-34-108(57-82(127)128)30-8-26-105(54-79(121)122)27-9-31-109(35-13-39-114)58-83(129)130/h2-3,14-15,51-52,62-63,66,69-75,96,98H,4-13,16-50,53-61H2,1H3,(H,94,137)(H,95,99)(H,97,117)(H,100,118)(H,101,138)(H,102,139)(H,103,140)(H,119,120)(H,121,122)(H,123,124)(H,125,126)(H,127,128)(H,129,130)(H,131,132)(H,133,134)(H,135,136)(H,141,142)(H,143,144)(H,145,146)/t66?,69-,70-,71-,72-,73?,74?,75?/m0/s1. The SMILES string of the molecule is CNC(=O)[C@H](Cc1cnc[nH]1)NC(=O)[C@H](Cc1c[nH]c2ccccc12)NC(=O)[C@H](CCNC(=O)CCC(C(=O)O)N1CCN(CC(=O)O)CCN(CC(=O)O)CCN(CC(=O)O)CC1)NC(=O)[C@H](CCCCNC(C=O)CC(C(=O)O)N1CCCN(CC(=O)O)CCCN(CC(=O)O)CCCN(CC(=O)O)CCC1)NC(=O)CCC(C(=O)O)N1CCCN(CC(=O)O)CCCN(CC(=O)O)CCCN(CC(=O)O)CCC1. The molecule has 53 nitrogen and oxygen atoms in total. The number of aromatic amines is 2. The molecule has 816 valence electrons.